The number of hydrogen-bond donors (Lipinski definition) is 2. The molecule has 0 saturated carbocycles. The van der Waals surface area contributed by atoms with Crippen molar-refractivity contribution in [3.8, 4) is 0 Å². The molecule has 1 amide bonds. The molecule has 3 aromatic carbocycles. The molecule has 0 aliphatic carbocycles. The third-order valence-electron chi connectivity index (χ3n) is 4.50. The third-order valence-corrected chi connectivity index (χ3v) is 4.50. The minimum absolute atomic E-state index is 0.00691. The van der Waals surface area contributed by atoms with Gasteiger partial charge in [0.05, 0.1) is 0 Å². The van der Waals surface area contributed by atoms with Crippen LogP contribution in [0.1, 0.15) is 29.7 Å². The first-order chi connectivity index (χ1) is 12.6. The Morgan fingerprint density at radius 1 is 0.846 bits per heavy atom. The molecule has 132 valence electrons. The van der Waals surface area contributed by atoms with Gasteiger partial charge in [-0.25, -0.2) is 0 Å². The van der Waals surface area contributed by atoms with Crippen LogP contribution in [0.25, 0.3) is 0 Å². The van der Waals surface area contributed by atoms with E-state index in [9.17, 15) is 4.79 Å². The van der Waals surface area contributed by atoms with Gasteiger partial charge in [-0.1, -0.05) is 72.8 Å². The normalized spacial score (nSPS) is 12.0. The van der Waals surface area contributed by atoms with Gasteiger partial charge in [0.2, 0.25) is 0 Å². The number of carbonyl (C=O) groups excluding carboxylic acids is 1. The van der Waals surface area contributed by atoms with E-state index in [1.807, 2.05) is 74.5 Å². The van der Waals surface area contributed by atoms with Crippen LogP contribution < -0.4 is 10.6 Å². The summed E-state index contributed by atoms with van der Waals surface area (Å²) in [5, 5.41) is 5.14. The first kappa shape index (κ1) is 17.9. The van der Waals surface area contributed by atoms with Crippen LogP contribution in [0.3, 0.4) is 0 Å². The van der Waals surface area contributed by atoms with Crippen LogP contribution in [0.15, 0.2) is 84.9 Å². The van der Waals surface area contributed by atoms with Crippen molar-refractivity contribution in [3.05, 3.63) is 102 Å². The van der Waals surface area contributed by atoms with Crippen LogP contribution in [0.2, 0.25) is 0 Å². The van der Waals surface area contributed by atoms with Crippen molar-refractivity contribution in [2.45, 2.75) is 25.9 Å². The van der Waals surface area contributed by atoms with E-state index in [0.29, 0.717) is 0 Å². The van der Waals surface area contributed by atoms with Crippen molar-refractivity contribution >= 4 is 11.6 Å². The molecular formula is C23H25N2O+. The predicted octanol–water partition coefficient (Wildman–Crippen LogP) is 3.68. The molecule has 0 spiro atoms. The number of aryl methyl sites for hydroxylation is 1. The number of rotatable bonds is 6. The number of hydrogen-bond acceptors (Lipinski definition) is 1. The largest absolute Gasteiger partial charge is 0.326 e. The quantitative estimate of drug-likeness (QED) is 0.703. The first-order valence-corrected chi connectivity index (χ1v) is 8.96. The Hall–Kier alpha value is -2.91. The fraction of sp³-hybridized carbons (Fsp3) is 0.174. The number of amides is 1. The number of benzene rings is 3. The van der Waals surface area contributed by atoms with Gasteiger partial charge in [-0.3, -0.25) is 4.79 Å². The molecule has 0 aliphatic heterocycles. The van der Waals surface area contributed by atoms with Gasteiger partial charge in [-0.15, -0.1) is 0 Å². The Kier molecular flexibility index (Phi) is 5.82. The monoisotopic (exact) mass is 345 g/mol. The molecule has 3 N–H and O–H groups in total. The summed E-state index contributed by atoms with van der Waals surface area (Å²) in [6, 6.07) is 28.4. The molecule has 0 fully saturated rings. The van der Waals surface area contributed by atoms with Crippen molar-refractivity contribution in [1.82, 2.24) is 0 Å². The van der Waals surface area contributed by atoms with E-state index in [2.05, 4.69) is 34.9 Å². The average Bonchev–Trinajstić information content (AvgIpc) is 2.67. The first-order valence-electron chi connectivity index (χ1n) is 8.96. The van der Waals surface area contributed by atoms with Crippen molar-refractivity contribution < 1.29 is 10.1 Å². The molecule has 0 unspecified atom stereocenters. The molecule has 0 radical (unpaired) electrons. The van der Waals surface area contributed by atoms with Crippen molar-refractivity contribution in [1.29, 1.82) is 0 Å². The summed E-state index contributed by atoms with van der Waals surface area (Å²) < 4.78 is 0. The van der Waals surface area contributed by atoms with E-state index in [1.54, 1.807) is 0 Å². The van der Waals surface area contributed by atoms with E-state index in [4.69, 9.17) is 0 Å². The second-order valence-electron chi connectivity index (χ2n) is 6.64. The lowest BCUT2D eigenvalue weighted by molar-refractivity contribution is -0.704. The molecule has 3 rings (SSSR count). The van der Waals surface area contributed by atoms with Crippen LogP contribution in [-0.2, 0) is 4.79 Å². The molecule has 0 bridgehead atoms. The summed E-state index contributed by atoms with van der Waals surface area (Å²) in [7, 11) is 0. The fourth-order valence-corrected chi connectivity index (χ4v) is 3.09. The van der Waals surface area contributed by atoms with E-state index in [0.717, 1.165) is 11.3 Å². The molecule has 3 nitrogen and oxygen atoms in total. The zero-order chi connectivity index (χ0) is 18.4. The van der Waals surface area contributed by atoms with E-state index in [-0.39, 0.29) is 18.0 Å². The molecule has 3 heteroatoms. The lowest BCUT2D eigenvalue weighted by Gasteiger charge is -2.20. The van der Waals surface area contributed by atoms with Crippen LogP contribution in [-0.4, -0.2) is 11.9 Å². The molecular weight excluding hydrogens is 320 g/mol. The average molecular weight is 345 g/mol. The van der Waals surface area contributed by atoms with Gasteiger partial charge in [-0.05, 0) is 31.5 Å². The highest BCUT2D eigenvalue weighted by atomic mass is 16.2. The third kappa shape index (κ3) is 4.58. The van der Waals surface area contributed by atoms with Crippen molar-refractivity contribution in [3.63, 3.8) is 0 Å². The number of nitrogens with one attached hydrogen (secondary N) is 1. The van der Waals surface area contributed by atoms with Gasteiger partial charge in [0.15, 0.2) is 6.04 Å². The van der Waals surface area contributed by atoms with Gasteiger partial charge in [0, 0.05) is 16.8 Å². The summed E-state index contributed by atoms with van der Waals surface area (Å²) in [4.78, 5) is 12.7. The van der Waals surface area contributed by atoms with Crippen LogP contribution in [0.5, 0.6) is 0 Å². The van der Waals surface area contributed by atoms with E-state index >= 15 is 0 Å². The smallest absolute Gasteiger partial charge is 0.282 e. The molecule has 0 heterocycles. The van der Waals surface area contributed by atoms with E-state index in [1.165, 1.54) is 11.1 Å². The molecule has 3 aromatic rings. The lowest BCUT2D eigenvalue weighted by Crippen LogP contribution is -2.92. The Bertz CT molecular complexity index is 807. The standard InChI is InChI=1S/C23H24N2O/c1-17-10-9-15-21(16-17)25-23(26)18(2)24-22(19-11-5-3-6-12-19)20-13-7-4-8-14-20/h3-16,18,22,24H,1-2H3,(H,25,26)/p+1/t18-/m0/s1. The number of nitrogens with two attached hydrogens (primary N) is 1. The summed E-state index contributed by atoms with van der Waals surface area (Å²) in [5.41, 5.74) is 4.35. The summed E-state index contributed by atoms with van der Waals surface area (Å²) >= 11 is 0. The Morgan fingerprint density at radius 2 is 1.42 bits per heavy atom. The Labute approximate surface area is 155 Å². The SMILES string of the molecule is Cc1cccc(NC(=O)[C@H](C)[NH2+]C(c2ccccc2)c2ccccc2)c1. The van der Waals surface area contributed by atoms with Gasteiger partial charge in [-0.2, -0.15) is 0 Å². The fourth-order valence-electron chi connectivity index (χ4n) is 3.09. The highest BCUT2D eigenvalue weighted by Gasteiger charge is 2.24. The molecule has 0 aliphatic rings. The topological polar surface area (TPSA) is 45.7 Å². The summed E-state index contributed by atoms with van der Waals surface area (Å²) in [6.07, 6.45) is 0. The Morgan fingerprint density at radius 3 is 1.96 bits per heavy atom. The number of carbonyl (C=O) groups is 1. The van der Waals surface area contributed by atoms with Gasteiger partial charge in [0.25, 0.3) is 5.91 Å². The maximum Gasteiger partial charge on any atom is 0.282 e. The van der Waals surface area contributed by atoms with Crippen LogP contribution in [0.4, 0.5) is 5.69 Å². The van der Waals surface area contributed by atoms with Gasteiger partial charge >= 0.3 is 0 Å². The minimum Gasteiger partial charge on any atom is -0.326 e. The number of anilines is 1. The van der Waals surface area contributed by atoms with Crippen molar-refractivity contribution in [2.24, 2.45) is 0 Å². The van der Waals surface area contributed by atoms with Gasteiger partial charge in [0.1, 0.15) is 6.04 Å². The molecule has 26 heavy (non-hydrogen) atoms. The highest BCUT2D eigenvalue weighted by Crippen LogP contribution is 2.18. The van der Waals surface area contributed by atoms with Gasteiger partial charge < -0.3 is 10.6 Å². The zero-order valence-electron chi connectivity index (χ0n) is 15.2. The Balaban J connectivity index is 1.77. The summed E-state index contributed by atoms with van der Waals surface area (Å²) in [5.74, 6) is 0.00691. The summed E-state index contributed by atoms with van der Waals surface area (Å²) in [6.45, 7) is 3.97. The second-order valence-corrected chi connectivity index (χ2v) is 6.64. The maximum absolute atomic E-state index is 12.7. The molecule has 0 saturated heterocycles. The predicted molar refractivity (Wildman–Crippen MR) is 106 cm³/mol. The molecule has 1 atom stereocenters. The minimum atomic E-state index is -0.221. The lowest BCUT2D eigenvalue weighted by atomic mass is 9.98. The van der Waals surface area contributed by atoms with E-state index < -0.39 is 0 Å². The zero-order valence-corrected chi connectivity index (χ0v) is 15.2. The van der Waals surface area contributed by atoms with Crippen LogP contribution >= 0.6 is 0 Å². The second kappa shape index (κ2) is 8.45. The highest BCUT2D eigenvalue weighted by molar-refractivity contribution is 5.93. The van der Waals surface area contributed by atoms with Crippen LogP contribution in [0, 0.1) is 6.92 Å². The number of quaternary nitrogens is 1. The maximum atomic E-state index is 12.7. The molecule has 0 aromatic heterocycles. The van der Waals surface area contributed by atoms with Crippen molar-refractivity contribution in [2.75, 3.05) is 5.32 Å².